The zero-order valence-corrected chi connectivity index (χ0v) is 10.3. The molecule has 2 amide bonds. The molecule has 2 rings (SSSR count). The Labute approximate surface area is 105 Å². The highest BCUT2D eigenvalue weighted by molar-refractivity contribution is 5.89. The average Bonchev–Trinajstić information content (AvgIpc) is 3.12. The minimum atomic E-state index is -0.326. The second-order valence-electron chi connectivity index (χ2n) is 4.83. The Balaban J connectivity index is 1.87. The number of anilines is 1. The second-order valence-corrected chi connectivity index (χ2v) is 4.83. The van der Waals surface area contributed by atoms with E-state index in [1.807, 2.05) is 0 Å². The first kappa shape index (κ1) is 12.6. The number of hydrogen-bond acceptors (Lipinski definition) is 3. The minimum Gasteiger partial charge on any atom is -0.396 e. The predicted octanol–water partition coefficient (Wildman–Crippen LogP) is 0.279. The molecule has 98 valence electrons. The van der Waals surface area contributed by atoms with E-state index in [-0.39, 0.29) is 23.6 Å². The van der Waals surface area contributed by atoms with Gasteiger partial charge in [-0.25, -0.2) is 4.79 Å². The van der Waals surface area contributed by atoms with E-state index in [9.17, 15) is 9.59 Å². The van der Waals surface area contributed by atoms with Crippen LogP contribution in [0, 0.1) is 5.41 Å². The molecule has 0 saturated heterocycles. The lowest BCUT2D eigenvalue weighted by molar-refractivity contribution is 0.206. The highest BCUT2D eigenvalue weighted by Gasteiger charge is 2.42. The van der Waals surface area contributed by atoms with Crippen molar-refractivity contribution in [2.45, 2.75) is 12.8 Å². The van der Waals surface area contributed by atoms with Gasteiger partial charge in [0.15, 0.2) is 0 Å². The SMILES string of the molecule is Cn1cc(NC(=O)NCC2(CO)CC2)ccc1=O. The zero-order valence-electron chi connectivity index (χ0n) is 10.3. The Bertz CT molecular complexity index is 506. The van der Waals surface area contributed by atoms with Crippen molar-refractivity contribution in [2.24, 2.45) is 12.5 Å². The van der Waals surface area contributed by atoms with E-state index >= 15 is 0 Å². The summed E-state index contributed by atoms with van der Waals surface area (Å²) in [5.74, 6) is 0. The molecule has 1 aromatic heterocycles. The number of carbonyl (C=O) groups is 1. The van der Waals surface area contributed by atoms with E-state index in [1.165, 1.54) is 10.6 Å². The normalized spacial score (nSPS) is 16.1. The van der Waals surface area contributed by atoms with Gasteiger partial charge >= 0.3 is 6.03 Å². The predicted molar refractivity (Wildman–Crippen MR) is 67.5 cm³/mol. The van der Waals surface area contributed by atoms with Gasteiger partial charge in [0.05, 0.1) is 12.3 Å². The quantitative estimate of drug-likeness (QED) is 0.718. The molecule has 0 atom stereocenters. The summed E-state index contributed by atoms with van der Waals surface area (Å²) in [5, 5.41) is 14.5. The van der Waals surface area contributed by atoms with Crippen LogP contribution in [-0.4, -0.2) is 28.9 Å². The number of aliphatic hydroxyl groups is 1. The van der Waals surface area contributed by atoms with E-state index in [4.69, 9.17) is 5.11 Å². The van der Waals surface area contributed by atoms with Crippen LogP contribution in [0.2, 0.25) is 0 Å². The van der Waals surface area contributed by atoms with Gasteiger partial charge in [0.25, 0.3) is 0 Å². The molecule has 0 unspecified atom stereocenters. The van der Waals surface area contributed by atoms with Crippen molar-refractivity contribution in [3.8, 4) is 0 Å². The largest absolute Gasteiger partial charge is 0.396 e. The zero-order chi connectivity index (χ0) is 13.2. The number of aliphatic hydroxyl groups excluding tert-OH is 1. The van der Waals surface area contributed by atoms with Gasteiger partial charge in [-0.1, -0.05) is 0 Å². The second kappa shape index (κ2) is 4.81. The van der Waals surface area contributed by atoms with Gasteiger partial charge < -0.3 is 20.3 Å². The summed E-state index contributed by atoms with van der Waals surface area (Å²) in [6, 6.07) is 2.63. The summed E-state index contributed by atoms with van der Waals surface area (Å²) < 4.78 is 1.39. The standard InChI is InChI=1S/C12H17N3O3/c1-15-6-9(2-3-10(15)17)14-11(18)13-7-12(8-16)4-5-12/h2-3,6,16H,4-5,7-8H2,1H3,(H2,13,14,18). The fraction of sp³-hybridized carbons (Fsp3) is 0.500. The van der Waals surface area contributed by atoms with E-state index < -0.39 is 0 Å². The van der Waals surface area contributed by atoms with Crippen LogP contribution >= 0.6 is 0 Å². The maximum atomic E-state index is 11.6. The number of aromatic nitrogens is 1. The van der Waals surface area contributed by atoms with Gasteiger partial charge in [-0.05, 0) is 18.9 Å². The third-order valence-electron chi connectivity index (χ3n) is 3.26. The van der Waals surface area contributed by atoms with Crippen molar-refractivity contribution < 1.29 is 9.90 Å². The van der Waals surface area contributed by atoms with Gasteiger partial charge in [-0.2, -0.15) is 0 Å². The summed E-state index contributed by atoms with van der Waals surface area (Å²) in [5.41, 5.74) is 0.322. The Morgan fingerprint density at radius 1 is 1.50 bits per heavy atom. The van der Waals surface area contributed by atoms with Crippen molar-refractivity contribution in [1.82, 2.24) is 9.88 Å². The molecule has 1 heterocycles. The van der Waals surface area contributed by atoms with Crippen LogP contribution in [0.3, 0.4) is 0 Å². The lowest BCUT2D eigenvalue weighted by Crippen LogP contribution is -2.35. The first-order chi connectivity index (χ1) is 8.54. The fourth-order valence-corrected chi connectivity index (χ4v) is 1.68. The molecule has 1 saturated carbocycles. The summed E-state index contributed by atoms with van der Waals surface area (Å²) >= 11 is 0. The molecule has 0 bridgehead atoms. The van der Waals surface area contributed by atoms with Crippen LogP contribution in [-0.2, 0) is 7.05 Å². The lowest BCUT2D eigenvalue weighted by Gasteiger charge is -2.13. The maximum Gasteiger partial charge on any atom is 0.319 e. The van der Waals surface area contributed by atoms with E-state index in [0.29, 0.717) is 12.2 Å². The van der Waals surface area contributed by atoms with Gasteiger partial charge in [0.2, 0.25) is 5.56 Å². The lowest BCUT2D eigenvalue weighted by atomic mass is 10.1. The summed E-state index contributed by atoms with van der Waals surface area (Å²) in [4.78, 5) is 22.8. The van der Waals surface area contributed by atoms with Gasteiger partial charge in [-0.15, -0.1) is 0 Å². The van der Waals surface area contributed by atoms with Crippen molar-refractivity contribution in [3.05, 3.63) is 28.7 Å². The van der Waals surface area contributed by atoms with Crippen LogP contribution in [0.5, 0.6) is 0 Å². The first-order valence-corrected chi connectivity index (χ1v) is 5.87. The van der Waals surface area contributed by atoms with Crippen LogP contribution in [0.15, 0.2) is 23.1 Å². The number of carbonyl (C=O) groups excluding carboxylic acids is 1. The van der Waals surface area contributed by atoms with Crippen LogP contribution in [0.1, 0.15) is 12.8 Å². The monoisotopic (exact) mass is 251 g/mol. The minimum absolute atomic E-state index is 0.104. The number of pyridine rings is 1. The van der Waals surface area contributed by atoms with Crippen LogP contribution in [0.4, 0.5) is 10.5 Å². The highest BCUT2D eigenvalue weighted by Crippen LogP contribution is 2.44. The highest BCUT2D eigenvalue weighted by atomic mass is 16.3. The summed E-state index contributed by atoms with van der Waals surface area (Å²) in [6.45, 7) is 0.578. The van der Waals surface area contributed by atoms with Crippen LogP contribution < -0.4 is 16.2 Å². The molecule has 0 radical (unpaired) electrons. The van der Waals surface area contributed by atoms with E-state index in [2.05, 4.69) is 10.6 Å². The van der Waals surface area contributed by atoms with E-state index in [0.717, 1.165) is 12.8 Å². The smallest absolute Gasteiger partial charge is 0.319 e. The number of amides is 2. The molecule has 0 aromatic carbocycles. The molecular formula is C12H17N3O3. The molecule has 3 N–H and O–H groups in total. The third kappa shape index (κ3) is 2.89. The average molecular weight is 251 g/mol. The first-order valence-electron chi connectivity index (χ1n) is 5.87. The van der Waals surface area contributed by atoms with Crippen LogP contribution in [0.25, 0.3) is 0 Å². The molecule has 6 nitrogen and oxygen atoms in total. The molecular weight excluding hydrogens is 234 g/mol. The van der Waals surface area contributed by atoms with Crippen molar-refractivity contribution >= 4 is 11.7 Å². The number of aryl methyl sites for hydroxylation is 1. The number of urea groups is 1. The molecule has 1 aromatic rings. The number of rotatable bonds is 4. The molecule has 0 spiro atoms. The topological polar surface area (TPSA) is 83.4 Å². The van der Waals surface area contributed by atoms with E-state index in [1.54, 1.807) is 19.3 Å². The number of nitrogens with zero attached hydrogens (tertiary/aromatic N) is 1. The van der Waals surface area contributed by atoms with Gasteiger partial charge in [0.1, 0.15) is 0 Å². The molecule has 18 heavy (non-hydrogen) atoms. The Kier molecular flexibility index (Phi) is 3.38. The molecule has 6 heteroatoms. The van der Waals surface area contributed by atoms with Crippen molar-refractivity contribution in [2.75, 3.05) is 18.5 Å². The summed E-state index contributed by atoms with van der Waals surface area (Å²) in [7, 11) is 1.62. The molecule has 0 aliphatic heterocycles. The molecule has 1 fully saturated rings. The number of hydrogen-bond donors (Lipinski definition) is 3. The molecule has 1 aliphatic rings. The number of nitrogens with one attached hydrogen (secondary N) is 2. The Morgan fingerprint density at radius 3 is 2.78 bits per heavy atom. The Hall–Kier alpha value is -1.82. The Morgan fingerprint density at radius 2 is 2.22 bits per heavy atom. The fourth-order valence-electron chi connectivity index (χ4n) is 1.68. The molecule has 1 aliphatic carbocycles. The van der Waals surface area contributed by atoms with Gasteiger partial charge in [-0.3, -0.25) is 4.79 Å². The van der Waals surface area contributed by atoms with Crippen molar-refractivity contribution in [1.29, 1.82) is 0 Å². The summed E-state index contributed by atoms with van der Waals surface area (Å²) in [6.07, 6.45) is 3.45. The maximum absolute atomic E-state index is 11.6. The van der Waals surface area contributed by atoms with Crippen molar-refractivity contribution in [3.63, 3.8) is 0 Å². The van der Waals surface area contributed by atoms with Gasteiger partial charge in [0, 0.05) is 31.3 Å². The third-order valence-corrected chi connectivity index (χ3v) is 3.26.